The lowest BCUT2D eigenvalue weighted by atomic mass is 10.2. The van der Waals surface area contributed by atoms with Crippen molar-refractivity contribution in [2.45, 2.75) is 13.5 Å². The van der Waals surface area contributed by atoms with Gasteiger partial charge in [-0.05, 0) is 49.4 Å². The molecule has 3 rings (SSSR count). The van der Waals surface area contributed by atoms with E-state index in [4.69, 9.17) is 9.15 Å². The molecule has 2 heterocycles. The number of nitrogens with zero attached hydrogens (tertiary/aromatic N) is 1. The first kappa shape index (κ1) is 18.2. The minimum atomic E-state index is -0.350. The Labute approximate surface area is 156 Å². The highest BCUT2D eigenvalue weighted by Crippen LogP contribution is 2.15. The van der Waals surface area contributed by atoms with Gasteiger partial charge >= 0.3 is 0 Å². The molecule has 0 aliphatic carbocycles. The lowest BCUT2D eigenvalue weighted by Gasteiger charge is -2.10. The molecule has 0 atom stereocenters. The number of hydrogen-bond donors (Lipinski definition) is 2. The highest BCUT2D eigenvalue weighted by molar-refractivity contribution is 6.02. The maximum absolute atomic E-state index is 12.3. The Morgan fingerprint density at radius 2 is 1.89 bits per heavy atom. The molecule has 0 aliphatic rings. The first-order valence-corrected chi connectivity index (χ1v) is 8.47. The monoisotopic (exact) mass is 365 g/mol. The number of aromatic nitrogens is 1. The van der Waals surface area contributed by atoms with Crippen LogP contribution in [0.3, 0.4) is 0 Å². The highest BCUT2D eigenvalue weighted by Gasteiger charge is 2.11. The number of nitrogens with one attached hydrogen (secondary N) is 2. The molecule has 138 valence electrons. The minimum absolute atomic E-state index is 0.221. The van der Waals surface area contributed by atoms with Crippen molar-refractivity contribution in [3.05, 3.63) is 77.9 Å². The van der Waals surface area contributed by atoms with Gasteiger partial charge < -0.3 is 19.8 Å². The summed E-state index contributed by atoms with van der Waals surface area (Å²) >= 11 is 0. The van der Waals surface area contributed by atoms with Crippen molar-refractivity contribution >= 4 is 17.5 Å². The molecule has 2 amide bonds. The molecule has 0 spiro atoms. The molecule has 1 aromatic carbocycles. The van der Waals surface area contributed by atoms with Crippen LogP contribution in [0.5, 0.6) is 5.88 Å². The largest absolute Gasteiger partial charge is 0.478 e. The van der Waals surface area contributed by atoms with E-state index in [1.165, 1.54) is 6.26 Å². The van der Waals surface area contributed by atoms with Gasteiger partial charge in [0.1, 0.15) is 0 Å². The van der Waals surface area contributed by atoms with Gasteiger partial charge in [-0.15, -0.1) is 0 Å². The Morgan fingerprint density at radius 3 is 2.59 bits per heavy atom. The molecule has 27 heavy (non-hydrogen) atoms. The number of furan rings is 1. The zero-order valence-electron chi connectivity index (χ0n) is 14.8. The van der Waals surface area contributed by atoms with Gasteiger partial charge in [0.15, 0.2) is 5.76 Å². The van der Waals surface area contributed by atoms with Crippen LogP contribution in [0.1, 0.15) is 33.4 Å². The lowest BCUT2D eigenvalue weighted by Crippen LogP contribution is -2.23. The number of pyridine rings is 1. The van der Waals surface area contributed by atoms with Crippen molar-refractivity contribution in [1.82, 2.24) is 10.3 Å². The van der Waals surface area contributed by atoms with E-state index in [0.717, 1.165) is 5.56 Å². The predicted molar refractivity (Wildman–Crippen MR) is 99.7 cm³/mol. The molecular weight excluding hydrogens is 346 g/mol. The van der Waals surface area contributed by atoms with E-state index in [0.29, 0.717) is 30.3 Å². The Kier molecular flexibility index (Phi) is 5.84. The summed E-state index contributed by atoms with van der Waals surface area (Å²) in [7, 11) is 0. The number of ether oxygens (including phenoxy) is 1. The third-order valence-corrected chi connectivity index (χ3v) is 3.72. The van der Waals surface area contributed by atoms with Gasteiger partial charge in [-0.2, -0.15) is 0 Å². The molecule has 0 saturated carbocycles. The first-order valence-electron chi connectivity index (χ1n) is 8.47. The van der Waals surface area contributed by atoms with Crippen LogP contribution in [0.15, 0.2) is 65.4 Å². The fourth-order valence-corrected chi connectivity index (χ4v) is 2.41. The minimum Gasteiger partial charge on any atom is -0.478 e. The maximum Gasteiger partial charge on any atom is 0.291 e. The quantitative estimate of drug-likeness (QED) is 0.670. The van der Waals surface area contributed by atoms with Crippen LogP contribution in [-0.4, -0.2) is 23.4 Å². The summed E-state index contributed by atoms with van der Waals surface area (Å²) < 4.78 is 10.5. The second kappa shape index (κ2) is 8.66. The van der Waals surface area contributed by atoms with E-state index >= 15 is 0 Å². The molecule has 0 unspecified atom stereocenters. The zero-order chi connectivity index (χ0) is 19.1. The first-order chi connectivity index (χ1) is 13.2. The normalized spacial score (nSPS) is 10.3. The third kappa shape index (κ3) is 4.72. The molecule has 0 fully saturated rings. The highest BCUT2D eigenvalue weighted by atomic mass is 16.5. The molecule has 0 radical (unpaired) electrons. The predicted octanol–water partition coefficient (Wildman–Crippen LogP) is 3.26. The van der Waals surface area contributed by atoms with E-state index < -0.39 is 0 Å². The molecular formula is C20H19N3O4. The van der Waals surface area contributed by atoms with Crippen LogP contribution in [0.2, 0.25) is 0 Å². The maximum atomic E-state index is 12.3. The molecule has 0 saturated heterocycles. The average Bonchev–Trinajstić information content (AvgIpc) is 3.23. The summed E-state index contributed by atoms with van der Waals surface area (Å²) in [4.78, 5) is 28.4. The number of rotatable bonds is 7. The molecule has 2 aromatic heterocycles. The Balaban J connectivity index is 1.58. The molecule has 0 aliphatic heterocycles. The van der Waals surface area contributed by atoms with Crippen molar-refractivity contribution in [3.63, 3.8) is 0 Å². The Morgan fingerprint density at radius 1 is 1.07 bits per heavy atom. The number of anilines is 1. The van der Waals surface area contributed by atoms with E-state index in [1.54, 1.807) is 48.7 Å². The summed E-state index contributed by atoms with van der Waals surface area (Å²) in [6.45, 7) is 2.69. The fourth-order valence-electron chi connectivity index (χ4n) is 2.41. The molecule has 7 nitrogen and oxygen atoms in total. The van der Waals surface area contributed by atoms with Gasteiger partial charge in [-0.3, -0.25) is 9.59 Å². The number of benzene rings is 1. The second-order valence-corrected chi connectivity index (χ2v) is 5.59. The summed E-state index contributed by atoms with van der Waals surface area (Å²) in [5.41, 5.74) is 1.85. The number of amides is 2. The van der Waals surface area contributed by atoms with Gasteiger partial charge in [0.2, 0.25) is 5.88 Å². The zero-order valence-corrected chi connectivity index (χ0v) is 14.8. The van der Waals surface area contributed by atoms with Crippen molar-refractivity contribution in [2.75, 3.05) is 11.9 Å². The van der Waals surface area contributed by atoms with Crippen LogP contribution in [0.25, 0.3) is 0 Å². The van der Waals surface area contributed by atoms with Crippen LogP contribution in [-0.2, 0) is 6.54 Å². The fraction of sp³-hybridized carbons (Fsp3) is 0.150. The van der Waals surface area contributed by atoms with Crippen LogP contribution < -0.4 is 15.4 Å². The number of hydrogen-bond acceptors (Lipinski definition) is 5. The van der Waals surface area contributed by atoms with Crippen LogP contribution in [0.4, 0.5) is 5.69 Å². The lowest BCUT2D eigenvalue weighted by molar-refractivity contribution is 0.0949. The average molecular weight is 365 g/mol. The Bertz CT molecular complexity index is 905. The summed E-state index contributed by atoms with van der Waals surface area (Å²) in [5.74, 6) is 0.150. The molecule has 7 heteroatoms. The molecule has 3 aromatic rings. The summed E-state index contributed by atoms with van der Waals surface area (Å²) in [6.07, 6.45) is 3.08. The molecule has 2 N–H and O–H groups in total. The van der Waals surface area contributed by atoms with Gasteiger partial charge in [0.05, 0.1) is 12.9 Å². The van der Waals surface area contributed by atoms with Crippen molar-refractivity contribution < 1.29 is 18.7 Å². The number of carbonyl (C=O) groups is 2. The van der Waals surface area contributed by atoms with Gasteiger partial charge in [0.25, 0.3) is 11.8 Å². The summed E-state index contributed by atoms with van der Waals surface area (Å²) in [6, 6.07) is 13.5. The van der Waals surface area contributed by atoms with Gasteiger partial charge in [-0.25, -0.2) is 4.98 Å². The van der Waals surface area contributed by atoms with Crippen molar-refractivity contribution in [1.29, 1.82) is 0 Å². The van der Waals surface area contributed by atoms with E-state index in [2.05, 4.69) is 15.6 Å². The van der Waals surface area contributed by atoms with Crippen molar-refractivity contribution in [3.8, 4) is 5.88 Å². The van der Waals surface area contributed by atoms with E-state index in [1.807, 2.05) is 13.0 Å². The molecule has 0 bridgehead atoms. The van der Waals surface area contributed by atoms with Crippen LogP contribution >= 0.6 is 0 Å². The Hall–Kier alpha value is -3.61. The smallest absolute Gasteiger partial charge is 0.291 e. The standard InChI is InChI=1S/C20H19N3O4/c1-2-26-20-15(5-3-11-21-20)13-22-18(24)14-7-9-16(10-8-14)23-19(25)17-6-4-12-27-17/h3-12H,2,13H2,1H3,(H,22,24)(H,23,25). The summed E-state index contributed by atoms with van der Waals surface area (Å²) in [5, 5.41) is 5.54. The third-order valence-electron chi connectivity index (χ3n) is 3.72. The number of carbonyl (C=O) groups excluding carboxylic acids is 2. The van der Waals surface area contributed by atoms with E-state index in [-0.39, 0.29) is 17.6 Å². The van der Waals surface area contributed by atoms with Gasteiger partial charge in [-0.1, -0.05) is 6.07 Å². The second-order valence-electron chi connectivity index (χ2n) is 5.59. The van der Waals surface area contributed by atoms with Crippen LogP contribution in [0, 0.1) is 0 Å². The SMILES string of the molecule is CCOc1ncccc1CNC(=O)c1ccc(NC(=O)c2ccco2)cc1. The van der Waals surface area contributed by atoms with Crippen molar-refractivity contribution in [2.24, 2.45) is 0 Å². The van der Waals surface area contributed by atoms with Gasteiger partial charge in [0, 0.05) is 29.6 Å². The van der Waals surface area contributed by atoms with E-state index in [9.17, 15) is 9.59 Å². The topological polar surface area (TPSA) is 93.5 Å².